The molecule has 2 amide bonds. The molecule has 1 unspecified atom stereocenters. The molecule has 0 aliphatic carbocycles. The zero-order chi connectivity index (χ0) is 19.3. The van der Waals surface area contributed by atoms with Crippen LogP contribution in [0, 0.1) is 11.3 Å². The Kier molecular flexibility index (Phi) is 6.40. The Labute approximate surface area is 155 Å². The first kappa shape index (κ1) is 19.9. The monoisotopic (exact) mass is 358 g/mol. The third-order valence-corrected chi connectivity index (χ3v) is 4.23. The molecule has 0 aliphatic heterocycles. The van der Waals surface area contributed by atoms with Gasteiger partial charge in [0.1, 0.15) is 5.82 Å². The van der Waals surface area contributed by atoms with Gasteiger partial charge in [-0.1, -0.05) is 46.8 Å². The van der Waals surface area contributed by atoms with Crippen LogP contribution in [0.2, 0.25) is 0 Å². The molecule has 0 saturated carbocycles. The highest BCUT2D eigenvalue weighted by Crippen LogP contribution is 2.22. The lowest BCUT2D eigenvalue weighted by atomic mass is 9.96. The standard InChI is InChI=1S/C20H30N4O2/c1-13(2)17(18-22-14-9-6-7-10-15(14)23-18)24-16(25)11-8-12-21-19(26)20(3,4)5/h6-7,9-10,13,17H,8,11-12H2,1-5H3,(H,21,26)(H,22,23)(H,24,25). The van der Waals surface area contributed by atoms with Crippen molar-refractivity contribution in [2.45, 2.75) is 53.5 Å². The zero-order valence-electron chi connectivity index (χ0n) is 16.3. The first-order chi connectivity index (χ1) is 12.2. The van der Waals surface area contributed by atoms with Crippen LogP contribution in [0.1, 0.15) is 59.3 Å². The topological polar surface area (TPSA) is 86.9 Å². The van der Waals surface area contributed by atoms with Crippen molar-refractivity contribution in [3.63, 3.8) is 0 Å². The molecule has 6 nitrogen and oxygen atoms in total. The predicted octanol–water partition coefficient (Wildman–Crippen LogP) is 3.32. The van der Waals surface area contributed by atoms with Gasteiger partial charge < -0.3 is 15.6 Å². The van der Waals surface area contributed by atoms with Gasteiger partial charge >= 0.3 is 0 Å². The number of aromatic amines is 1. The number of hydrogen-bond acceptors (Lipinski definition) is 3. The number of rotatable bonds is 7. The summed E-state index contributed by atoms with van der Waals surface area (Å²) in [5.74, 6) is 0.949. The second-order valence-electron chi connectivity index (χ2n) is 8.04. The maximum Gasteiger partial charge on any atom is 0.225 e. The Morgan fingerprint density at radius 3 is 2.50 bits per heavy atom. The van der Waals surface area contributed by atoms with Gasteiger partial charge in [0, 0.05) is 18.4 Å². The van der Waals surface area contributed by atoms with Crippen LogP contribution in [-0.4, -0.2) is 28.3 Å². The van der Waals surface area contributed by atoms with Crippen molar-refractivity contribution in [2.75, 3.05) is 6.54 Å². The van der Waals surface area contributed by atoms with Gasteiger partial charge in [-0.15, -0.1) is 0 Å². The van der Waals surface area contributed by atoms with Gasteiger partial charge in [-0.25, -0.2) is 4.98 Å². The smallest absolute Gasteiger partial charge is 0.225 e. The number of para-hydroxylation sites is 2. The normalized spacial score (nSPS) is 13.0. The average Bonchev–Trinajstić information content (AvgIpc) is 2.98. The minimum absolute atomic E-state index is 0.000223. The molecule has 142 valence electrons. The summed E-state index contributed by atoms with van der Waals surface area (Å²) >= 11 is 0. The Morgan fingerprint density at radius 1 is 1.19 bits per heavy atom. The van der Waals surface area contributed by atoms with E-state index in [4.69, 9.17) is 0 Å². The molecule has 6 heteroatoms. The number of carbonyl (C=O) groups is 2. The van der Waals surface area contributed by atoms with Crippen LogP contribution in [0.5, 0.6) is 0 Å². The van der Waals surface area contributed by atoms with E-state index in [9.17, 15) is 9.59 Å². The molecule has 2 rings (SSSR count). The highest BCUT2D eigenvalue weighted by Gasteiger charge is 2.22. The van der Waals surface area contributed by atoms with Gasteiger partial charge in [0.2, 0.25) is 11.8 Å². The van der Waals surface area contributed by atoms with E-state index < -0.39 is 5.41 Å². The van der Waals surface area contributed by atoms with Crippen LogP contribution in [-0.2, 0) is 9.59 Å². The van der Waals surface area contributed by atoms with Crippen LogP contribution in [0.15, 0.2) is 24.3 Å². The molecule has 2 aromatic rings. The van der Waals surface area contributed by atoms with Crippen LogP contribution < -0.4 is 10.6 Å². The number of fused-ring (bicyclic) bond motifs is 1. The van der Waals surface area contributed by atoms with Crippen molar-refractivity contribution >= 4 is 22.8 Å². The number of carbonyl (C=O) groups excluding carboxylic acids is 2. The summed E-state index contributed by atoms with van der Waals surface area (Å²) in [6, 6.07) is 7.66. The van der Waals surface area contributed by atoms with Crippen LogP contribution >= 0.6 is 0 Å². The summed E-state index contributed by atoms with van der Waals surface area (Å²) in [6.45, 7) is 10.2. The quantitative estimate of drug-likeness (QED) is 0.664. The summed E-state index contributed by atoms with van der Waals surface area (Å²) < 4.78 is 0. The zero-order valence-corrected chi connectivity index (χ0v) is 16.3. The van der Waals surface area contributed by atoms with Crippen molar-refractivity contribution in [2.24, 2.45) is 11.3 Å². The molecule has 0 fully saturated rings. The minimum atomic E-state index is -0.410. The molecule has 0 bridgehead atoms. The van der Waals surface area contributed by atoms with Crippen LogP contribution in [0.4, 0.5) is 0 Å². The molecule has 1 heterocycles. The molecule has 0 saturated heterocycles. The number of aromatic nitrogens is 2. The van der Waals surface area contributed by atoms with Gasteiger partial charge in [-0.05, 0) is 24.5 Å². The fourth-order valence-electron chi connectivity index (χ4n) is 2.63. The highest BCUT2D eigenvalue weighted by molar-refractivity contribution is 5.81. The Morgan fingerprint density at radius 2 is 1.88 bits per heavy atom. The fraction of sp³-hybridized carbons (Fsp3) is 0.550. The maximum absolute atomic E-state index is 12.3. The van der Waals surface area contributed by atoms with E-state index in [0.717, 1.165) is 16.9 Å². The lowest BCUT2D eigenvalue weighted by Gasteiger charge is -2.21. The molecule has 1 aromatic carbocycles. The number of nitrogens with zero attached hydrogens (tertiary/aromatic N) is 1. The first-order valence-electron chi connectivity index (χ1n) is 9.21. The van der Waals surface area contributed by atoms with E-state index in [0.29, 0.717) is 19.4 Å². The SMILES string of the molecule is CC(C)C(NC(=O)CCCNC(=O)C(C)(C)C)c1nc2ccccc2[nH]1. The van der Waals surface area contributed by atoms with E-state index >= 15 is 0 Å². The molecule has 3 N–H and O–H groups in total. The summed E-state index contributed by atoms with van der Waals surface area (Å²) in [5, 5.41) is 5.93. The van der Waals surface area contributed by atoms with Gasteiger partial charge in [-0.2, -0.15) is 0 Å². The van der Waals surface area contributed by atoms with Gasteiger partial charge in [-0.3, -0.25) is 9.59 Å². The lowest BCUT2D eigenvalue weighted by molar-refractivity contribution is -0.128. The van der Waals surface area contributed by atoms with Crippen molar-refractivity contribution < 1.29 is 9.59 Å². The summed E-state index contributed by atoms with van der Waals surface area (Å²) in [4.78, 5) is 32.1. The summed E-state index contributed by atoms with van der Waals surface area (Å²) in [7, 11) is 0. The van der Waals surface area contributed by atoms with Gasteiger partial charge in [0.15, 0.2) is 0 Å². The summed E-state index contributed by atoms with van der Waals surface area (Å²) in [5.41, 5.74) is 1.45. The van der Waals surface area contributed by atoms with Gasteiger partial charge in [0.25, 0.3) is 0 Å². The van der Waals surface area contributed by atoms with E-state index in [2.05, 4.69) is 34.4 Å². The van der Waals surface area contributed by atoms with Crippen molar-refractivity contribution in [3.05, 3.63) is 30.1 Å². The second kappa shape index (κ2) is 8.34. The molecule has 1 aromatic heterocycles. The molecule has 0 aliphatic rings. The average molecular weight is 358 g/mol. The molecular weight excluding hydrogens is 328 g/mol. The highest BCUT2D eigenvalue weighted by atomic mass is 16.2. The molecule has 26 heavy (non-hydrogen) atoms. The van der Waals surface area contributed by atoms with Crippen molar-refractivity contribution in [1.29, 1.82) is 0 Å². The van der Waals surface area contributed by atoms with E-state index in [1.165, 1.54) is 0 Å². The van der Waals surface area contributed by atoms with Crippen molar-refractivity contribution in [1.82, 2.24) is 20.6 Å². The molecular formula is C20H30N4O2. The Hall–Kier alpha value is -2.37. The van der Waals surface area contributed by atoms with Crippen molar-refractivity contribution in [3.8, 4) is 0 Å². The van der Waals surface area contributed by atoms with E-state index in [1.807, 2.05) is 45.0 Å². The fourth-order valence-corrected chi connectivity index (χ4v) is 2.63. The maximum atomic E-state index is 12.3. The Bertz CT molecular complexity index is 726. The number of benzene rings is 1. The van der Waals surface area contributed by atoms with Crippen LogP contribution in [0.25, 0.3) is 11.0 Å². The van der Waals surface area contributed by atoms with Gasteiger partial charge in [0.05, 0.1) is 17.1 Å². The lowest BCUT2D eigenvalue weighted by Crippen LogP contribution is -2.36. The van der Waals surface area contributed by atoms with Crippen LogP contribution in [0.3, 0.4) is 0 Å². The molecule has 1 atom stereocenters. The predicted molar refractivity (Wildman–Crippen MR) is 104 cm³/mol. The number of nitrogens with one attached hydrogen (secondary N) is 3. The molecule has 0 radical (unpaired) electrons. The van der Waals surface area contributed by atoms with E-state index in [1.54, 1.807) is 0 Å². The second-order valence-corrected chi connectivity index (χ2v) is 8.04. The Balaban J connectivity index is 1.89. The number of imidazole rings is 1. The van der Waals surface area contributed by atoms with E-state index in [-0.39, 0.29) is 23.8 Å². The largest absolute Gasteiger partial charge is 0.356 e. The number of hydrogen-bond donors (Lipinski definition) is 3. The summed E-state index contributed by atoms with van der Waals surface area (Å²) in [6.07, 6.45) is 0.979. The number of amides is 2. The first-order valence-corrected chi connectivity index (χ1v) is 9.21. The third-order valence-electron chi connectivity index (χ3n) is 4.23. The molecule has 0 spiro atoms. The number of H-pyrrole nitrogens is 1. The minimum Gasteiger partial charge on any atom is -0.356 e. The third kappa shape index (κ3) is 5.31.